The van der Waals surface area contributed by atoms with Crippen molar-refractivity contribution < 1.29 is 13.2 Å². The molecule has 0 aromatic heterocycles. The molecule has 1 aromatic carbocycles. The van der Waals surface area contributed by atoms with Crippen molar-refractivity contribution in [1.29, 1.82) is 0 Å². The first kappa shape index (κ1) is 17.7. The molecule has 1 fully saturated rings. The van der Waals surface area contributed by atoms with Crippen LogP contribution in [0.15, 0.2) is 58.9 Å². The normalized spacial score (nSPS) is 22.0. The Balaban J connectivity index is 1.53. The van der Waals surface area contributed by atoms with E-state index in [4.69, 9.17) is 0 Å². The van der Waals surface area contributed by atoms with E-state index >= 15 is 0 Å². The van der Waals surface area contributed by atoms with E-state index in [1.165, 1.54) is 12.2 Å². The third-order valence-electron chi connectivity index (χ3n) is 4.70. The monoisotopic (exact) mass is 350 g/mol. The van der Waals surface area contributed by atoms with Gasteiger partial charge in [-0.05, 0) is 24.5 Å². The minimum absolute atomic E-state index is 0.0125. The Bertz CT molecular complexity index is 719. The minimum Gasteiger partial charge on any atom is -0.366 e. The van der Waals surface area contributed by atoms with Gasteiger partial charge in [0.1, 0.15) is 0 Å². The molecule has 1 aromatic rings. The SMILES string of the molecule is O=c1cccccc1N1CCN(CC2C=CC(C(F)(F)F)=CC2)CC1. The Hall–Kier alpha value is -2.08. The third kappa shape index (κ3) is 4.51. The van der Waals surface area contributed by atoms with Crippen LogP contribution in [-0.2, 0) is 0 Å². The smallest absolute Gasteiger partial charge is 0.366 e. The maximum absolute atomic E-state index is 12.6. The molecule has 134 valence electrons. The summed E-state index contributed by atoms with van der Waals surface area (Å²) in [7, 11) is 0. The van der Waals surface area contributed by atoms with Gasteiger partial charge in [0.15, 0.2) is 0 Å². The number of piperazine rings is 1. The molecule has 0 N–H and O–H groups in total. The fourth-order valence-electron chi connectivity index (χ4n) is 3.30. The Morgan fingerprint density at radius 1 is 1.04 bits per heavy atom. The van der Waals surface area contributed by atoms with Gasteiger partial charge >= 0.3 is 6.18 Å². The summed E-state index contributed by atoms with van der Waals surface area (Å²) >= 11 is 0. The Kier molecular flexibility index (Phi) is 5.27. The van der Waals surface area contributed by atoms with Crippen LogP contribution in [0.4, 0.5) is 18.9 Å². The van der Waals surface area contributed by atoms with Crippen LogP contribution < -0.4 is 10.3 Å². The highest BCUT2D eigenvalue weighted by molar-refractivity contribution is 5.45. The number of nitrogens with zero attached hydrogens (tertiary/aromatic N) is 2. The summed E-state index contributed by atoms with van der Waals surface area (Å²) in [5.41, 5.74) is 0.173. The van der Waals surface area contributed by atoms with Gasteiger partial charge in [-0.1, -0.05) is 36.4 Å². The van der Waals surface area contributed by atoms with Crippen LogP contribution >= 0.6 is 0 Å². The van der Waals surface area contributed by atoms with Crippen molar-refractivity contribution in [2.45, 2.75) is 12.6 Å². The van der Waals surface area contributed by atoms with Crippen molar-refractivity contribution in [1.82, 2.24) is 4.90 Å². The zero-order valence-electron chi connectivity index (χ0n) is 13.9. The van der Waals surface area contributed by atoms with Gasteiger partial charge in [0.25, 0.3) is 0 Å². The Morgan fingerprint density at radius 3 is 2.40 bits per heavy atom. The molecule has 1 aliphatic heterocycles. The number of alkyl halides is 3. The summed E-state index contributed by atoms with van der Waals surface area (Å²) in [6, 6.07) is 8.84. The first-order chi connectivity index (χ1) is 11.9. The predicted octanol–water partition coefficient (Wildman–Crippen LogP) is 3.23. The molecule has 0 bridgehead atoms. The van der Waals surface area contributed by atoms with Gasteiger partial charge in [-0.2, -0.15) is 13.2 Å². The van der Waals surface area contributed by atoms with Gasteiger partial charge in [-0.3, -0.25) is 9.69 Å². The van der Waals surface area contributed by atoms with E-state index in [2.05, 4.69) is 9.80 Å². The summed E-state index contributed by atoms with van der Waals surface area (Å²) in [6.07, 6.45) is 0.314. The summed E-state index contributed by atoms with van der Waals surface area (Å²) in [5.74, 6) is 0.113. The van der Waals surface area contributed by atoms with Crippen molar-refractivity contribution >= 4 is 5.69 Å². The molecule has 0 saturated carbocycles. The molecule has 1 heterocycles. The fourth-order valence-corrected chi connectivity index (χ4v) is 3.30. The molecular formula is C19H21F3N2O. The van der Waals surface area contributed by atoms with E-state index in [1.54, 1.807) is 18.2 Å². The van der Waals surface area contributed by atoms with Gasteiger partial charge in [-0.25, -0.2) is 0 Å². The van der Waals surface area contributed by atoms with E-state index in [1.807, 2.05) is 18.2 Å². The minimum atomic E-state index is -4.26. The lowest BCUT2D eigenvalue weighted by Crippen LogP contribution is -2.48. The average molecular weight is 350 g/mol. The first-order valence-corrected chi connectivity index (χ1v) is 8.46. The molecule has 25 heavy (non-hydrogen) atoms. The number of allylic oxidation sites excluding steroid dienone is 3. The lowest BCUT2D eigenvalue weighted by Gasteiger charge is -2.37. The Labute approximate surface area is 145 Å². The van der Waals surface area contributed by atoms with Crippen LogP contribution in [0.5, 0.6) is 0 Å². The van der Waals surface area contributed by atoms with Crippen molar-refractivity contribution in [3.63, 3.8) is 0 Å². The summed E-state index contributed by atoms with van der Waals surface area (Å²) in [5, 5.41) is 0. The van der Waals surface area contributed by atoms with Crippen LogP contribution in [0.2, 0.25) is 0 Å². The molecule has 1 atom stereocenters. The molecule has 1 saturated heterocycles. The molecule has 0 spiro atoms. The molecule has 6 heteroatoms. The van der Waals surface area contributed by atoms with Crippen molar-refractivity contribution in [2.24, 2.45) is 5.92 Å². The molecule has 0 radical (unpaired) electrons. The average Bonchev–Trinajstić information content (AvgIpc) is 2.80. The number of hydrogen-bond acceptors (Lipinski definition) is 3. The van der Waals surface area contributed by atoms with E-state index in [0.29, 0.717) is 12.1 Å². The molecule has 0 amide bonds. The van der Waals surface area contributed by atoms with Crippen LogP contribution in [0.25, 0.3) is 0 Å². The zero-order valence-corrected chi connectivity index (χ0v) is 13.9. The molecule has 1 aliphatic carbocycles. The van der Waals surface area contributed by atoms with Crippen LogP contribution in [0.1, 0.15) is 6.42 Å². The quantitative estimate of drug-likeness (QED) is 0.836. The highest BCUT2D eigenvalue weighted by atomic mass is 19.4. The molecule has 3 nitrogen and oxygen atoms in total. The Morgan fingerprint density at radius 2 is 1.76 bits per heavy atom. The van der Waals surface area contributed by atoms with Crippen LogP contribution in [-0.4, -0.2) is 43.8 Å². The zero-order chi connectivity index (χ0) is 17.9. The standard InChI is InChI=1S/C19H21F3N2O/c20-19(21,22)16-8-6-15(7-9-16)14-23-10-12-24(13-11-23)17-4-2-1-3-5-18(17)25/h1-6,8-9,15H,7,10-14H2. The first-order valence-electron chi connectivity index (χ1n) is 8.46. The van der Waals surface area contributed by atoms with E-state index in [-0.39, 0.29) is 11.3 Å². The van der Waals surface area contributed by atoms with Crippen molar-refractivity contribution in [2.75, 3.05) is 37.6 Å². The van der Waals surface area contributed by atoms with E-state index < -0.39 is 11.7 Å². The lowest BCUT2D eigenvalue weighted by molar-refractivity contribution is -0.0887. The highest BCUT2D eigenvalue weighted by Gasteiger charge is 2.33. The number of halogens is 3. The second kappa shape index (κ2) is 7.44. The maximum atomic E-state index is 12.6. The molecule has 1 unspecified atom stereocenters. The fraction of sp³-hybridized carbons (Fsp3) is 0.421. The van der Waals surface area contributed by atoms with Gasteiger partial charge in [0.05, 0.1) is 11.3 Å². The largest absolute Gasteiger partial charge is 0.416 e. The maximum Gasteiger partial charge on any atom is 0.416 e. The topological polar surface area (TPSA) is 23.6 Å². The molecular weight excluding hydrogens is 329 g/mol. The van der Waals surface area contributed by atoms with Crippen LogP contribution in [0.3, 0.4) is 0 Å². The van der Waals surface area contributed by atoms with Gasteiger partial charge < -0.3 is 4.90 Å². The van der Waals surface area contributed by atoms with Crippen molar-refractivity contribution in [3.8, 4) is 0 Å². The van der Waals surface area contributed by atoms with Crippen LogP contribution in [0, 0.1) is 5.92 Å². The second-order valence-electron chi connectivity index (χ2n) is 6.46. The molecule has 3 rings (SSSR count). The second-order valence-corrected chi connectivity index (χ2v) is 6.46. The van der Waals surface area contributed by atoms with Gasteiger partial charge in [0, 0.05) is 32.7 Å². The lowest BCUT2D eigenvalue weighted by atomic mass is 9.95. The third-order valence-corrected chi connectivity index (χ3v) is 4.70. The summed E-state index contributed by atoms with van der Waals surface area (Å²) in [6.45, 7) is 3.86. The number of anilines is 1. The van der Waals surface area contributed by atoms with Crippen molar-refractivity contribution in [3.05, 3.63) is 64.4 Å². The van der Waals surface area contributed by atoms with Gasteiger partial charge in [-0.15, -0.1) is 0 Å². The summed E-state index contributed by atoms with van der Waals surface area (Å²) in [4.78, 5) is 16.4. The van der Waals surface area contributed by atoms with Gasteiger partial charge in [0.2, 0.25) is 5.43 Å². The molecule has 2 aliphatic rings. The number of hydrogen-bond donors (Lipinski definition) is 0. The highest BCUT2D eigenvalue weighted by Crippen LogP contribution is 2.31. The predicted molar refractivity (Wildman–Crippen MR) is 92.8 cm³/mol. The number of rotatable bonds is 3. The summed E-state index contributed by atoms with van der Waals surface area (Å²) < 4.78 is 37.9. The van der Waals surface area contributed by atoms with E-state index in [0.717, 1.165) is 32.7 Å². The van der Waals surface area contributed by atoms with E-state index in [9.17, 15) is 18.0 Å².